The largest absolute Gasteiger partial charge is 0.347 e. The van der Waals surface area contributed by atoms with Crippen LogP contribution in [0.1, 0.15) is 25.2 Å². The molecular weight excluding hydrogens is 294 g/mol. The molecule has 6 heteroatoms. The van der Waals surface area contributed by atoms with Gasteiger partial charge in [0.05, 0.1) is 6.21 Å². The molecule has 0 aliphatic heterocycles. The zero-order chi connectivity index (χ0) is 15.5. The third-order valence-corrected chi connectivity index (χ3v) is 4.27. The molecule has 0 atom stereocenters. The van der Waals surface area contributed by atoms with Crippen LogP contribution in [0, 0.1) is 0 Å². The number of fused-ring (bicyclic) bond motifs is 1. The first-order chi connectivity index (χ1) is 10.8. The number of rotatable bonds is 5. The number of nitrogens with zero attached hydrogens (tertiary/aromatic N) is 5. The van der Waals surface area contributed by atoms with Gasteiger partial charge in [-0.2, -0.15) is 9.78 Å². The lowest BCUT2D eigenvalue weighted by atomic mass is 10.2. The van der Waals surface area contributed by atoms with Crippen LogP contribution < -0.4 is 0 Å². The summed E-state index contributed by atoms with van der Waals surface area (Å²) in [5, 5.41) is 15.0. The molecule has 0 bridgehead atoms. The summed E-state index contributed by atoms with van der Waals surface area (Å²) < 4.78 is 4.06. The molecule has 3 rings (SSSR count). The molecule has 5 nitrogen and oxygen atoms in total. The maximum Gasteiger partial charge on any atom is 0.211 e. The van der Waals surface area contributed by atoms with Gasteiger partial charge in [-0.15, -0.1) is 10.2 Å². The summed E-state index contributed by atoms with van der Waals surface area (Å²) >= 11 is 1.55. The van der Waals surface area contributed by atoms with Crippen molar-refractivity contribution in [2.75, 3.05) is 6.26 Å². The Labute approximate surface area is 134 Å². The molecule has 3 aromatic rings. The lowest BCUT2D eigenvalue weighted by Gasteiger charge is -1.99. The molecule has 114 valence electrons. The van der Waals surface area contributed by atoms with Crippen molar-refractivity contribution >= 4 is 28.9 Å². The van der Waals surface area contributed by atoms with Crippen LogP contribution in [0.2, 0.25) is 0 Å². The fourth-order valence-corrected chi connectivity index (χ4v) is 2.97. The summed E-state index contributed by atoms with van der Waals surface area (Å²) in [6.45, 7) is 5.15. The monoisotopic (exact) mass is 313 g/mol. The highest BCUT2D eigenvalue weighted by atomic mass is 32.2. The van der Waals surface area contributed by atoms with Crippen LogP contribution in [0.4, 0.5) is 0 Å². The van der Waals surface area contributed by atoms with Crippen molar-refractivity contribution in [1.82, 2.24) is 19.4 Å². The van der Waals surface area contributed by atoms with Crippen LogP contribution in [0.3, 0.4) is 0 Å². The topological polar surface area (TPSA) is 48.0 Å². The van der Waals surface area contributed by atoms with Crippen LogP contribution in [0.25, 0.3) is 10.9 Å². The summed E-state index contributed by atoms with van der Waals surface area (Å²) in [6, 6.07) is 8.39. The van der Waals surface area contributed by atoms with Gasteiger partial charge in [-0.3, -0.25) is 0 Å². The fourth-order valence-electron chi connectivity index (χ4n) is 2.52. The molecule has 0 amide bonds. The summed E-state index contributed by atoms with van der Waals surface area (Å²) in [5.41, 5.74) is 2.34. The van der Waals surface area contributed by atoms with Gasteiger partial charge in [0.25, 0.3) is 0 Å². The molecule has 0 fully saturated rings. The van der Waals surface area contributed by atoms with Crippen molar-refractivity contribution in [2.24, 2.45) is 5.10 Å². The van der Waals surface area contributed by atoms with E-state index in [1.807, 2.05) is 17.1 Å². The summed E-state index contributed by atoms with van der Waals surface area (Å²) in [4.78, 5) is 0. The number of para-hydroxylation sites is 1. The maximum absolute atomic E-state index is 4.61. The summed E-state index contributed by atoms with van der Waals surface area (Å²) in [6.07, 6.45) is 6.83. The average molecular weight is 313 g/mol. The quantitative estimate of drug-likeness (QED) is 0.535. The van der Waals surface area contributed by atoms with Gasteiger partial charge in [0.2, 0.25) is 5.16 Å². The Hall–Kier alpha value is -2.08. The predicted molar refractivity (Wildman–Crippen MR) is 91.8 cm³/mol. The van der Waals surface area contributed by atoms with Gasteiger partial charge in [0.1, 0.15) is 0 Å². The smallest absolute Gasteiger partial charge is 0.211 e. The van der Waals surface area contributed by atoms with Gasteiger partial charge in [-0.25, -0.2) is 0 Å². The van der Waals surface area contributed by atoms with E-state index < -0.39 is 0 Å². The Morgan fingerprint density at radius 2 is 2.05 bits per heavy atom. The Bertz CT molecular complexity index is 794. The van der Waals surface area contributed by atoms with E-state index in [1.165, 1.54) is 10.9 Å². The van der Waals surface area contributed by atoms with Crippen LogP contribution in [0.5, 0.6) is 0 Å². The average Bonchev–Trinajstić information content (AvgIpc) is 3.13. The van der Waals surface area contributed by atoms with E-state index in [1.54, 1.807) is 11.8 Å². The Balaban J connectivity index is 2.05. The molecular formula is C16H19N5S. The normalized spacial score (nSPS) is 11.8. The van der Waals surface area contributed by atoms with Crippen molar-refractivity contribution in [3.8, 4) is 0 Å². The molecule has 0 saturated heterocycles. The van der Waals surface area contributed by atoms with Gasteiger partial charge in [-0.05, 0) is 19.2 Å². The van der Waals surface area contributed by atoms with Crippen molar-refractivity contribution in [1.29, 1.82) is 0 Å². The first-order valence-corrected chi connectivity index (χ1v) is 8.61. The standard InChI is InChI=1S/C16H19N5S/c1-4-15-18-19-16(22-3)21(15)17-10-12-11-20(5-2)14-9-7-6-8-13(12)14/h6-11H,4-5H2,1-3H3/b17-10-. The molecule has 0 unspecified atom stereocenters. The third-order valence-electron chi connectivity index (χ3n) is 3.65. The number of hydrogen-bond acceptors (Lipinski definition) is 4. The molecule has 0 N–H and O–H groups in total. The van der Waals surface area contributed by atoms with Crippen molar-refractivity contribution in [2.45, 2.75) is 32.0 Å². The Kier molecular flexibility index (Phi) is 4.29. The van der Waals surface area contributed by atoms with E-state index >= 15 is 0 Å². The minimum Gasteiger partial charge on any atom is -0.347 e. The molecule has 0 aliphatic carbocycles. The van der Waals surface area contributed by atoms with Gasteiger partial charge >= 0.3 is 0 Å². The zero-order valence-corrected chi connectivity index (χ0v) is 13.8. The predicted octanol–water partition coefficient (Wildman–Crippen LogP) is 3.42. The van der Waals surface area contributed by atoms with E-state index in [4.69, 9.17) is 0 Å². The lowest BCUT2D eigenvalue weighted by Crippen LogP contribution is -1.98. The number of hydrogen-bond donors (Lipinski definition) is 0. The minimum absolute atomic E-state index is 0.807. The molecule has 22 heavy (non-hydrogen) atoms. The van der Waals surface area contributed by atoms with E-state index in [-0.39, 0.29) is 0 Å². The zero-order valence-electron chi connectivity index (χ0n) is 13.0. The first kappa shape index (κ1) is 14.8. The van der Waals surface area contributed by atoms with E-state index in [0.29, 0.717) is 0 Å². The molecule has 0 spiro atoms. The van der Waals surface area contributed by atoms with Gasteiger partial charge in [0, 0.05) is 35.6 Å². The van der Waals surface area contributed by atoms with Crippen molar-refractivity contribution in [3.05, 3.63) is 41.9 Å². The minimum atomic E-state index is 0.807. The highest BCUT2D eigenvalue weighted by Crippen LogP contribution is 2.20. The van der Waals surface area contributed by atoms with Gasteiger partial charge in [-0.1, -0.05) is 36.9 Å². The number of aromatic nitrogens is 4. The molecule has 2 aromatic heterocycles. The highest BCUT2D eigenvalue weighted by molar-refractivity contribution is 7.98. The molecule has 0 radical (unpaired) electrons. The lowest BCUT2D eigenvalue weighted by molar-refractivity contribution is 0.723. The maximum atomic E-state index is 4.61. The third kappa shape index (κ3) is 2.54. The van der Waals surface area contributed by atoms with Crippen molar-refractivity contribution in [3.63, 3.8) is 0 Å². The van der Waals surface area contributed by atoms with Crippen LogP contribution >= 0.6 is 11.8 Å². The highest BCUT2D eigenvalue weighted by Gasteiger charge is 2.09. The fraction of sp³-hybridized carbons (Fsp3) is 0.312. The van der Waals surface area contributed by atoms with E-state index in [9.17, 15) is 0 Å². The summed E-state index contributed by atoms with van der Waals surface area (Å²) in [7, 11) is 0. The first-order valence-electron chi connectivity index (χ1n) is 7.39. The number of benzene rings is 1. The van der Waals surface area contributed by atoms with E-state index in [0.717, 1.165) is 29.5 Å². The number of thioether (sulfide) groups is 1. The SMILES string of the molecule is CCc1nnc(SC)n1/N=C\c1cn(CC)c2ccccc12. The Morgan fingerprint density at radius 3 is 2.77 bits per heavy atom. The molecule has 2 heterocycles. The van der Waals surface area contributed by atoms with Gasteiger partial charge < -0.3 is 4.57 Å². The second-order valence-corrected chi connectivity index (χ2v) is 5.67. The van der Waals surface area contributed by atoms with Crippen LogP contribution in [-0.4, -0.2) is 31.9 Å². The molecule has 0 aliphatic rings. The van der Waals surface area contributed by atoms with Gasteiger partial charge in [0.15, 0.2) is 5.82 Å². The van der Waals surface area contributed by atoms with Crippen molar-refractivity contribution < 1.29 is 0 Å². The molecule has 1 aromatic carbocycles. The number of aryl methyl sites for hydroxylation is 2. The molecule has 0 saturated carbocycles. The van der Waals surface area contributed by atoms with Crippen LogP contribution in [-0.2, 0) is 13.0 Å². The van der Waals surface area contributed by atoms with E-state index in [2.05, 4.69) is 64.2 Å². The second kappa shape index (κ2) is 6.36. The Morgan fingerprint density at radius 1 is 1.23 bits per heavy atom. The second-order valence-electron chi connectivity index (χ2n) is 4.90. The summed E-state index contributed by atoms with van der Waals surface area (Å²) in [5.74, 6) is 0.875. The van der Waals surface area contributed by atoms with Crippen LogP contribution in [0.15, 0.2) is 40.7 Å².